The van der Waals surface area contributed by atoms with Gasteiger partial charge < -0.3 is 10.6 Å². The fourth-order valence-corrected chi connectivity index (χ4v) is 3.87. The number of nitrogens with two attached hydrogens (primary N) is 1. The van der Waals surface area contributed by atoms with Crippen LogP contribution in [0.15, 0.2) is 0 Å². The number of nitrogens with zero attached hydrogens (tertiary/aromatic N) is 1. The Labute approximate surface area is 98.0 Å². The molecule has 0 bridgehead atoms. The lowest BCUT2D eigenvalue weighted by Gasteiger charge is -2.34. The van der Waals surface area contributed by atoms with Crippen LogP contribution in [0, 0.1) is 5.92 Å². The summed E-state index contributed by atoms with van der Waals surface area (Å²) in [4.78, 5) is 2.71. The van der Waals surface area contributed by atoms with Crippen molar-refractivity contribution in [2.24, 2.45) is 11.7 Å². The Hall–Kier alpha value is 0.270. The Morgan fingerprint density at radius 1 is 1.33 bits per heavy atom. The van der Waals surface area contributed by atoms with E-state index in [2.05, 4.69) is 22.9 Å². The van der Waals surface area contributed by atoms with Gasteiger partial charge in [0.15, 0.2) is 0 Å². The van der Waals surface area contributed by atoms with Crippen molar-refractivity contribution in [3.63, 3.8) is 0 Å². The third kappa shape index (κ3) is 2.89. The fourth-order valence-electron chi connectivity index (χ4n) is 3.05. The first-order valence-corrected chi connectivity index (χ1v) is 7.59. The summed E-state index contributed by atoms with van der Waals surface area (Å²) in [6.45, 7) is 3.45. The molecule has 0 aromatic heterocycles. The zero-order valence-electron chi connectivity index (χ0n) is 9.82. The summed E-state index contributed by atoms with van der Waals surface area (Å²) in [6.07, 6.45) is 9.30. The first-order valence-electron chi connectivity index (χ1n) is 6.30. The van der Waals surface area contributed by atoms with E-state index in [1.807, 2.05) is 0 Å². The molecule has 0 amide bonds. The van der Waals surface area contributed by atoms with E-state index in [1.165, 1.54) is 45.2 Å². The van der Waals surface area contributed by atoms with Crippen LogP contribution in [0.3, 0.4) is 0 Å². The van der Waals surface area contributed by atoms with Crippen molar-refractivity contribution >= 4 is 11.8 Å². The van der Waals surface area contributed by atoms with Crippen molar-refractivity contribution in [3.05, 3.63) is 0 Å². The van der Waals surface area contributed by atoms with Gasteiger partial charge >= 0.3 is 0 Å². The van der Waals surface area contributed by atoms with Crippen LogP contribution in [0.2, 0.25) is 0 Å². The van der Waals surface area contributed by atoms with E-state index in [1.54, 1.807) is 0 Å². The van der Waals surface area contributed by atoms with Gasteiger partial charge in [-0.3, -0.25) is 0 Å². The van der Waals surface area contributed by atoms with Gasteiger partial charge in [-0.05, 0) is 50.9 Å². The first-order chi connectivity index (χ1) is 7.33. The van der Waals surface area contributed by atoms with Gasteiger partial charge in [0.1, 0.15) is 0 Å². The maximum atomic E-state index is 5.75. The Kier molecular flexibility index (Phi) is 4.35. The van der Waals surface area contributed by atoms with Gasteiger partial charge in [0.25, 0.3) is 0 Å². The molecule has 2 fully saturated rings. The standard InChI is InChI=1S/C12H24N2S/c1-15-12-4-2-3-11(7-12)14-6-5-10(8-13)9-14/h10-12H,2-9,13H2,1H3. The smallest absolute Gasteiger partial charge is 0.0106 e. The van der Waals surface area contributed by atoms with E-state index in [4.69, 9.17) is 5.73 Å². The second-order valence-corrected chi connectivity index (χ2v) is 6.20. The molecule has 2 rings (SSSR count). The zero-order chi connectivity index (χ0) is 10.7. The number of likely N-dealkylation sites (tertiary alicyclic amines) is 1. The minimum atomic E-state index is 0.777. The molecule has 2 nitrogen and oxygen atoms in total. The van der Waals surface area contributed by atoms with Crippen LogP contribution in [-0.2, 0) is 0 Å². The van der Waals surface area contributed by atoms with Crippen LogP contribution in [0.4, 0.5) is 0 Å². The minimum absolute atomic E-state index is 0.777. The van der Waals surface area contributed by atoms with Crippen LogP contribution < -0.4 is 5.73 Å². The maximum Gasteiger partial charge on any atom is 0.0106 e. The van der Waals surface area contributed by atoms with Crippen LogP contribution in [0.5, 0.6) is 0 Å². The molecule has 2 N–H and O–H groups in total. The first kappa shape index (κ1) is 11.7. The molecule has 88 valence electrons. The third-order valence-corrected chi connectivity index (χ3v) is 5.19. The number of hydrogen-bond donors (Lipinski definition) is 1. The number of rotatable bonds is 3. The topological polar surface area (TPSA) is 29.3 Å². The van der Waals surface area contributed by atoms with Gasteiger partial charge in [-0.25, -0.2) is 0 Å². The average Bonchev–Trinajstić information content (AvgIpc) is 2.78. The van der Waals surface area contributed by atoms with E-state index >= 15 is 0 Å². The monoisotopic (exact) mass is 228 g/mol. The molecule has 0 spiro atoms. The molecule has 1 saturated carbocycles. The molecule has 1 saturated heterocycles. The quantitative estimate of drug-likeness (QED) is 0.800. The average molecular weight is 228 g/mol. The Morgan fingerprint density at radius 3 is 2.87 bits per heavy atom. The van der Waals surface area contributed by atoms with E-state index in [0.717, 1.165) is 23.8 Å². The van der Waals surface area contributed by atoms with Crippen LogP contribution in [0.25, 0.3) is 0 Å². The summed E-state index contributed by atoms with van der Waals surface area (Å²) >= 11 is 2.06. The highest BCUT2D eigenvalue weighted by atomic mass is 32.2. The highest BCUT2D eigenvalue weighted by Gasteiger charge is 2.30. The Morgan fingerprint density at radius 2 is 2.20 bits per heavy atom. The summed E-state index contributed by atoms with van der Waals surface area (Å²) in [6, 6.07) is 0.868. The van der Waals surface area contributed by atoms with Crippen molar-refractivity contribution in [1.29, 1.82) is 0 Å². The Bertz CT molecular complexity index is 198. The SMILES string of the molecule is CSC1CCCC(N2CCC(CN)C2)C1. The summed E-state index contributed by atoms with van der Waals surface area (Å²) < 4.78 is 0. The molecule has 1 aliphatic carbocycles. The molecule has 15 heavy (non-hydrogen) atoms. The predicted octanol–water partition coefficient (Wildman–Crippen LogP) is 1.94. The molecule has 3 heteroatoms. The maximum absolute atomic E-state index is 5.75. The molecule has 0 radical (unpaired) electrons. The molecular weight excluding hydrogens is 204 g/mol. The summed E-state index contributed by atoms with van der Waals surface area (Å²) in [5.74, 6) is 0.777. The molecule has 1 heterocycles. The van der Waals surface area contributed by atoms with Crippen LogP contribution >= 0.6 is 11.8 Å². The van der Waals surface area contributed by atoms with Crippen LogP contribution in [-0.4, -0.2) is 42.1 Å². The lowest BCUT2D eigenvalue weighted by Crippen LogP contribution is -2.38. The van der Waals surface area contributed by atoms with E-state index in [0.29, 0.717) is 0 Å². The van der Waals surface area contributed by atoms with Gasteiger partial charge in [0.05, 0.1) is 0 Å². The van der Waals surface area contributed by atoms with Gasteiger partial charge in [0.2, 0.25) is 0 Å². The highest BCUT2D eigenvalue weighted by molar-refractivity contribution is 7.99. The van der Waals surface area contributed by atoms with Crippen molar-refractivity contribution in [1.82, 2.24) is 4.90 Å². The molecular formula is C12H24N2S. The van der Waals surface area contributed by atoms with Crippen molar-refractivity contribution in [2.45, 2.75) is 43.4 Å². The zero-order valence-corrected chi connectivity index (χ0v) is 10.6. The molecule has 0 aromatic carbocycles. The minimum Gasteiger partial charge on any atom is -0.330 e. The largest absolute Gasteiger partial charge is 0.330 e. The highest BCUT2D eigenvalue weighted by Crippen LogP contribution is 2.32. The Balaban J connectivity index is 1.83. The number of thioether (sulfide) groups is 1. The molecule has 3 atom stereocenters. The van der Waals surface area contributed by atoms with E-state index in [-0.39, 0.29) is 0 Å². The number of hydrogen-bond acceptors (Lipinski definition) is 3. The van der Waals surface area contributed by atoms with E-state index in [9.17, 15) is 0 Å². The molecule has 1 aliphatic heterocycles. The summed E-state index contributed by atoms with van der Waals surface area (Å²) in [7, 11) is 0. The van der Waals surface area contributed by atoms with Crippen LogP contribution in [0.1, 0.15) is 32.1 Å². The van der Waals surface area contributed by atoms with Gasteiger partial charge in [-0.1, -0.05) is 6.42 Å². The van der Waals surface area contributed by atoms with E-state index < -0.39 is 0 Å². The third-order valence-electron chi connectivity index (χ3n) is 4.10. The predicted molar refractivity (Wildman–Crippen MR) is 68.3 cm³/mol. The van der Waals surface area contributed by atoms with Gasteiger partial charge in [0, 0.05) is 17.8 Å². The molecule has 3 unspecified atom stereocenters. The molecule has 0 aromatic rings. The lowest BCUT2D eigenvalue weighted by molar-refractivity contribution is 0.188. The summed E-state index contributed by atoms with van der Waals surface area (Å²) in [5, 5.41) is 0.917. The fraction of sp³-hybridized carbons (Fsp3) is 1.00. The van der Waals surface area contributed by atoms with Crippen molar-refractivity contribution in [2.75, 3.05) is 25.9 Å². The van der Waals surface area contributed by atoms with Gasteiger partial charge in [-0.2, -0.15) is 11.8 Å². The second-order valence-electron chi connectivity index (χ2n) is 5.06. The second kappa shape index (κ2) is 5.55. The summed E-state index contributed by atoms with van der Waals surface area (Å²) in [5.41, 5.74) is 5.75. The lowest BCUT2D eigenvalue weighted by atomic mass is 9.94. The molecule has 2 aliphatic rings. The normalized spacial score (nSPS) is 38.4. The van der Waals surface area contributed by atoms with Gasteiger partial charge in [-0.15, -0.1) is 0 Å². The van der Waals surface area contributed by atoms with Crippen molar-refractivity contribution < 1.29 is 0 Å². The van der Waals surface area contributed by atoms with Crippen molar-refractivity contribution in [3.8, 4) is 0 Å².